The zero-order chi connectivity index (χ0) is 36.7. The molecule has 0 aliphatic heterocycles. The first-order valence-electron chi connectivity index (χ1n) is 19.8. The van der Waals surface area contributed by atoms with Gasteiger partial charge < -0.3 is 9.47 Å². The van der Waals surface area contributed by atoms with Crippen molar-refractivity contribution in [2.24, 2.45) is 0 Å². The molecule has 0 saturated carbocycles. The van der Waals surface area contributed by atoms with Crippen LogP contribution < -0.4 is 0 Å². The molecule has 0 spiro atoms. The standard InChI is InChI=1S/C39H65ClO4/c1-3-5-7-9-11-13-15-17-19-21-23-25-27-29-31-33-38(41)43-36-37(35-40)44-39(42)34-32-30-28-26-24-22-20-18-16-14-12-10-8-6-4-2/h6,8,11-14,17-20,37H,3-5,7,9-10,15-16,21-36H2,1-2H3/b8-6-,13-11-,14-12-,19-17-,20-18-/i35D2,36D2,37D. The first-order valence-corrected chi connectivity index (χ1v) is 17.7. The highest BCUT2D eigenvalue weighted by atomic mass is 35.5. The predicted molar refractivity (Wildman–Crippen MR) is 190 cm³/mol. The Kier molecular flexibility index (Phi) is 26.8. The van der Waals surface area contributed by atoms with Crippen molar-refractivity contribution in [1.82, 2.24) is 0 Å². The van der Waals surface area contributed by atoms with Gasteiger partial charge in [0.15, 0.2) is 0 Å². The summed E-state index contributed by atoms with van der Waals surface area (Å²) < 4.78 is 50.1. The molecule has 0 amide bonds. The second-order valence-electron chi connectivity index (χ2n) is 11.1. The van der Waals surface area contributed by atoms with E-state index in [1.807, 2.05) is 0 Å². The maximum atomic E-state index is 12.5. The monoisotopic (exact) mass is 637 g/mol. The fourth-order valence-corrected chi connectivity index (χ4v) is 4.42. The number of carbonyl (C=O) groups is 2. The van der Waals surface area contributed by atoms with Crippen LogP contribution in [0.1, 0.15) is 162 Å². The van der Waals surface area contributed by atoms with Crippen molar-refractivity contribution in [2.75, 3.05) is 12.4 Å². The van der Waals surface area contributed by atoms with Crippen molar-refractivity contribution in [3.63, 3.8) is 0 Å². The average molecular weight is 638 g/mol. The topological polar surface area (TPSA) is 52.6 Å². The zero-order valence-corrected chi connectivity index (χ0v) is 28.6. The van der Waals surface area contributed by atoms with Crippen molar-refractivity contribution in [3.05, 3.63) is 60.8 Å². The van der Waals surface area contributed by atoms with Crippen LogP contribution in [0, 0.1) is 0 Å². The molecule has 0 bridgehead atoms. The van der Waals surface area contributed by atoms with E-state index in [1.54, 1.807) is 0 Å². The molecule has 0 aromatic rings. The van der Waals surface area contributed by atoms with Gasteiger partial charge in [0.25, 0.3) is 0 Å². The molecular formula is C39H65ClO4. The van der Waals surface area contributed by atoms with Crippen LogP contribution >= 0.6 is 11.6 Å². The molecule has 0 fully saturated rings. The number of ether oxygens (including phenoxy) is 2. The maximum absolute atomic E-state index is 12.5. The number of allylic oxidation sites excluding steroid dienone is 10. The van der Waals surface area contributed by atoms with Gasteiger partial charge in [-0.05, 0) is 77.0 Å². The first-order chi connectivity index (χ1) is 23.4. The van der Waals surface area contributed by atoms with Gasteiger partial charge in [0.2, 0.25) is 0 Å². The molecule has 0 heterocycles. The van der Waals surface area contributed by atoms with Crippen LogP contribution in [-0.4, -0.2) is 30.4 Å². The average Bonchev–Trinajstić information content (AvgIpc) is 3.03. The molecule has 0 aliphatic rings. The molecule has 0 aromatic carbocycles. The number of hydrogen-bond acceptors (Lipinski definition) is 4. The largest absolute Gasteiger partial charge is 0.462 e. The van der Waals surface area contributed by atoms with Crippen molar-refractivity contribution in [3.8, 4) is 0 Å². The molecular weight excluding hydrogens is 568 g/mol. The molecule has 4 nitrogen and oxygen atoms in total. The van der Waals surface area contributed by atoms with Gasteiger partial charge in [0.05, 0.1) is 9.94 Å². The Hall–Kier alpha value is -2.07. The summed E-state index contributed by atoms with van der Waals surface area (Å²) in [6.07, 6.45) is 37.5. The third kappa shape index (κ3) is 32.8. The minimum absolute atomic E-state index is 0.0942. The van der Waals surface area contributed by atoms with Crippen LogP contribution in [0.4, 0.5) is 0 Å². The molecule has 0 aromatic heterocycles. The molecule has 0 N–H and O–H groups in total. The third-order valence-electron chi connectivity index (χ3n) is 6.92. The Bertz CT molecular complexity index is 1000. The summed E-state index contributed by atoms with van der Waals surface area (Å²) in [5, 5.41) is 0. The highest BCUT2D eigenvalue weighted by Gasteiger charge is 2.16. The van der Waals surface area contributed by atoms with Crippen molar-refractivity contribution in [2.45, 2.75) is 161 Å². The summed E-state index contributed by atoms with van der Waals surface area (Å²) in [7, 11) is 0. The van der Waals surface area contributed by atoms with Gasteiger partial charge in [-0.2, -0.15) is 0 Å². The van der Waals surface area contributed by atoms with Crippen molar-refractivity contribution < 1.29 is 25.9 Å². The summed E-state index contributed by atoms with van der Waals surface area (Å²) in [4.78, 5) is 24.9. The van der Waals surface area contributed by atoms with Gasteiger partial charge >= 0.3 is 11.9 Å². The molecule has 44 heavy (non-hydrogen) atoms. The maximum Gasteiger partial charge on any atom is 0.306 e. The molecule has 0 rings (SSSR count). The third-order valence-corrected chi connectivity index (χ3v) is 7.09. The van der Waals surface area contributed by atoms with E-state index in [2.05, 4.69) is 74.6 Å². The Morgan fingerprint density at radius 1 is 0.614 bits per heavy atom. The number of esters is 2. The molecule has 0 radical (unpaired) electrons. The quantitative estimate of drug-likeness (QED) is 0.0328. The predicted octanol–water partition coefficient (Wildman–Crippen LogP) is 12.1. The highest BCUT2D eigenvalue weighted by molar-refractivity contribution is 6.18. The Morgan fingerprint density at radius 3 is 1.55 bits per heavy atom. The SMILES string of the molecule is [2H]C([2H])(Cl)C([2H])(OC(=O)CCCCCCC/C=C\C/C=C\C/C=C\CC)C([2H])([2H])OC(=O)CCCCCCC/C=C\C/C=C\CCCCC. The number of unbranched alkanes of at least 4 members (excludes halogenated alkanes) is 13. The van der Waals surface area contributed by atoms with E-state index in [-0.39, 0.29) is 12.8 Å². The van der Waals surface area contributed by atoms with Crippen molar-refractivity contribution in [1.29, 1.82) is 0 Å². The van der Waals surface area contributed by atoms with E-state index in [0.29, 0.717) is 12.8 Å². The van der Waals surface area contributed by atoms with E-state index >= 15 is 0 Å². The highest BCUT2D eigenvalue weighted by Crippen LogP contribution is 2.11. The lowest BCUT2D eigenvalue weighted by atomic mass is 10.1. The normalized spacial score (nSPS) is 15.9. The van der Waals surface area contributed by atoms with E-state index in [1.165, 1.54) is 19.3 Å². The minimum atomic E-state index is -3.29. The lowest BCUT2D eigenvalue weighted by molar-refractivity contribution is -0.157. The number of halogens is 1. The number of hydrogen-bond donors (Lipinski definition) is 0. The summed E-state index contributed by atoms with van der Waals surface area (Å²) in [5.41, 5.74) is 0. The fraction of sp³-hybridized carbons (Fsp3) is 0.692. The summed E-state index contributed by atoms with van der Waals surface area (Å²) in [6, 6.07) is 0. The van der Waals surface area contributed by atoms with E-state index < -0.39 is 30.4 Å². The molecule has 5 heteroatoms. The summed E-state index contributed by atoms with van der Waals surface area (Å²) >= 11 is 5.71. The summed E-state index contributed by atoms with van der Waals surface area (Å²) in [5.74, 6) is -5.05. The van der Waals surface area contributed by atoms with Crippen LogP contribution in [0.2, 0.25) is 0 Å². The molecule has 252 valence electrons. The van der Waals surface area contributed by atoms with Crippen molar-refractivity contribution >= 4 is 23.5 Å². The lowest BCUT2D eigenvalue weighted by Gasteiger charge is -2.15. The minimum Gasteiger partial charge on any atom is -0.462 e. The van der Waals surface area contributed by atoms with E-state index in [9.17, 15) is 9.59 Å². The smallest absolute Gasteiger partial charge is 0.306 e. The summed E-state index contributed by atoms with van der Waals surface area (Å²) in [6.45, 7) is 1.03. The van der Waals surface area contributed by atoms with E-state index in [0.717, 1.165) is 96.3 Å². The second-order valence-corrected chi connectivity index (χ2v) is 11.2. The Labute approximate surface area is 283 Å². The van der Waals surface area contributed by atoms with Crippen LogP contribution in [0.5, 0.6) is 0 Å². The van der Waals surface area contributed by atoms with Gasteiger partial charge in [-0.15, -0.1) is 11.6 Å². The van der Waals surface area contributed by atoms with Crippen LogP contribution in [-0.2, 0) is 19.1 Å². The molecule has 0 aliphatic carbocycles. The Balaban J connectivity index is 4.31. The second kappa shape index (κ2) is 35.4. The Morgan fingerprint density at radius 2 is 1.05 bits per heavy atom. The number of carbonyl (C=O) groups excluding carboxylic acids is 2. The van der Waals surface area contributed by atoms with Gasteiger partial charge in [-0.1, -0.05) is 126 Å². The molecule has 1 unspecified atom stereocenters. The first kappa shape index (κ1) is 33.3. The number of rotatable bonds is 31. The fourth-order valence-electron chi connectivity index (χ4n) is 4.35. The van der Waals surface area contributed by atoms with E-state index in [4.69, 9.17) is 27.9 Å². The van der Waals surface area contributed by atoms with Gasteiger partial charge in [0, 0.05) is 15.6 Å². The van der Waals surface area contributed by atoms with Gasteiger partial charge in [-0.3, -0.25) is 9.59 Å². The molecule has 1 atom stereocenters. The molecule has 0 saturated heterocycles. The lowest BCUT2D eigenvalue weighted by Crippen LogP contribution is -2.26. The van der Waals surface area contributed by atoms with Crippen LogP contribution in [0.3, 0.4) is 0 Å². The zero-order valence-electron chi connectivity index (χ0n) is 32.8. The van der Waals surface area contributed by atoms with Crippen LogP contribution in [0.15, 0.2) is 60.8 Å². The van der Waals surface area contributed by atoms with Crippen LogP contribution in [0.25, 0.3) is 0 Å². The van der Waals surface area contributed by atoms with Gasteiger partial charge in [0.1, 0.15) is 12.6 Å². The number of alkyl halides is 1. The van der Waals surface area contributed by atoms with Gasteiger partial charge in [-0.25, -0.2) is 0 Å².